The van der Waals surface area contributed by atoms with Gasteiger partial charge in [-0.25, -0.2) is 8.96 Å². The standard InChI is InChI=1S/C26H35FNO5P/c1-8-19(9-2)16-31-26(29)18(7)28-34(30,32-11-4)33-21-14-20-12-13-24(27)22(10-3)25(20)23(15-21)17(5)6/h3,12-15,17-19H,8-9,11,16H2,1-2,4-7H3,(H,28,30)/t18-,34?/m0/s1. The molecule has 1 N–H and O–H groups in total. The number of halogens is 1. The topological polar surface area (TPSA) is 73.9 Å². The zero-order chi connectivity index (χ0) is 25.5. The molecule has 0 aromatic heterocycles. The largest absolute Gasteiger partial charge is 0.464 e. The zero-order valence-corrected chi connectivity index (χ0v) is 21.7. The van der Waals surface area contributed by atoms with Gasteiger partial charge in [-0.1, -0.05) is 52.5 Å². The van der Waals surface area contributed by atoms with Crippen molar-refractivity contribution in [3.05, 3.63) is 41.2 Å². The van der Waals surface area contributed by atoms with Crippen LogP contribution in [0.3, 0.4) is 0 Å². The molecule has 0 saturated carbocycles. The Labute approximate surface area is 202 Å². The monoisotopic (exact) mass is 491 g/mol. The van der Waals surface area contributed by atoms with E-state index in [9.17, 15) is 13.8 Å². The molecule has 186 valence electrons. The highest BCUT2D eigenvalue weighted by Gasteiger charge is 2.32. The molecule has 0 aliphatic heterocycles. The van der Waals surface area contributed by atoms with Crippen molar-refractivity contribution in [2.75, 3.05) is 13.2 Å². The Kier molecular flexibility index (Phi) is 10.1. The van der Waals surface area contributed by atoms with Crippen LogP contribution in [0.1, 0.15) is 71.4 Å². The summed E-state index contributed by atoms with van der Waals surface area (Å²) in [4.78, 5) is 12.5. The van der Waals surface area contributed by atoms with E-state index in [0.29, 0.717) is 17.4 Å². The van der Waals surface area contributed by atoms with Gasteiger partial charge < -0.3 is 9.26 Å². The summed E-state index contributed by atoms with van der Waals surface area (Å²) in [6.45, 7) is 11.6. The highest BCUT2D eigenvalue weighted by Crippen LogP contribution is 2.46. The van der Waals surface area contributed by atoms with Crippen molar-refractivity contribution in [2.24, 2.45) is 5.92 Å². The van der Waals surface area contributed by atoms with Gasteiger partial charge in [0.2, 0.25) is 0 Å². The number of ether oxygens (including phenoxy) is 1. The van der Waals surface area contributed by atoms with Crippen LogP contribution in [0.15, 0.2) is 24.3 Å². The second kappa shape index (κ2) is 12.4. The van der Waals surface area contributed by atoms with Gasteiger partial charge in [-0.05, 0) is 54.8 Å². The highest BCUT2D eigenvalue weighted by molar-refractivity contribution is 7.52. The third-order valence-corrected chi connectivity index (χ3v) is 7.44. The van der Waals surface area contributed by atoms with Crippen LogP contribution >= 0.6 is 7.75 Å². The minimum absolute atomic E-state index is 0.0154. The quantitative estimate of drug-likeness (QED) is 0.206. The molecule has 0 fully saturated rings. The first-order valence-electron chi connectivity index (χ1n) is 11.7. The van der Waals surface area contributed by atoms with E-state index < -0.39 is 25.6 Å². The number of rotatable bonds is 12. The maximum Gasteiger partial charge on any atom is 0.459 e. The Hall–Kier alpha value is -2.39. The second-order valence-electron chi connectivity index (χ2n) is 8.50. The summed E-state index contributed by atoms with van der Waals surface area (Å²) in [6, 6.07) is 5.28. The van der Waals surface area contributed by atoms with E-state index >= 15 is 0 Å². The van der Waals surface area contributed by atoms with Crippen molar-refractivity contribution >= 4 is 24.5 Å². The smallest absolute Gasteiger partial charge is 0.459 e. The molecule has 0 amide bonds. The van der Waals surface area contributed by atoms with E-state index in [1.807, 2.05) is 27.7 Å². The molecule has 0 aliphatic rings. The summed E-state index contributed by atoms with van der Waals surface area (Å²) in [5.74, 6) is 1.93. The molecule has 0 aliphatic carbocycles. The number of carbonyl (C=O) groups excluding carboxylic acids is 1. The molecule has 1 unspecified atom stereocenters. The fourth-order valence-electron chi connectivity index (χ4n) is 3.63. The molecular formula is C26H35FNO5P. The minimum atomic E-state index is -3.93. The first kappa shape index (κ1) is 27.9. The Bertz CT molecular complexity index is 1090. The molecule has 34 heavy (non-hydrogen) atoms. The molecule has 6 nitrogen and oxygen atoms in total. The van der Waals surface area contributed by atoms with Crippen molar-refractivity contribution in [3.63, 3.8) is 0 Å². The lowest BCUT2D eigenvalue weighted by Crippen LogP contribution is -2.35. The summed E-state index contributed by atoms with van der Waals surface area (Å²) in [5, 5.41) is 3.94. The summed E-state index contributed by atoms with van der Waals surface area (Å²) < 4.78 is 44.4. The van der Waals surface area contributed by atoms with E-state index in [2.05, 4.69) is 11.0 Å². The number of hydrogen-bond donors (Lipinski definition) is 1. The summed E-state index contributed by atoms with van der Waals surface area (Å²) in [7, 11) is -3.93. The number of terminal acetylenes is 1. The minimum Gasteiger partial charge on any atom is -0.464 e. The SMILES string of the molecule is C#Cc1c(F)ccc2cc(OP(=O)(N[C@@H](C)C(=O)OCC(CC)CC)OCC)cc(C(C)C)c12. The third-order valence-electron chi connectivity index (χ3n) is 5.68. The molecule has 2 rings (SSSR count). The zero-order valence-electron chi connectivity index (χ0n) is 20.8. The third kappa shape index (κ3) is 6.82. The molecule has 2 aromatic carbocycles. The van der Waals surface area contributed by atoms with Crippen LogP contribution in [-0.2, 0) is 18.6 Å². The first-order valence-corrected chi connectivity index (χ1v) is 13.2. The normalized spacial score (nSPS) is 14.1. The van der Waals surface area contributed by atoms with Gasteiger partial charge in [0.05, 0.1) is 18.8 Å². The molecular weight excluding hydrogens is 456 g/mol. The van der Waals surface area contributed by atoms with Crippen LogP contribution in [0.25, 0.3) is 10.8 Å². The number of carbonyl (C=O) groups is 1. The van der Waals surface area contributed by atoms with Gasteiger partial charge in [-0.15, -0.1) is 6.42 Å². The van der Waals surface area contributed by atoms with Crippen molar-refractivity contribution in [3.8, 4) is 18.1 Å². The number of hydrogen-bond acceptors (Lipinski definition) is 5. The lowest BCUT2D eigenvalue weighted by Gasteiger charge is -2.24. The predicted molar refractivity (Wildman–Crippen MR) is 133 cm³/mol. The summed E-state index contributed by atoms with van der Waals surface area (Å²) in [5.41, 5.74) is 0.924. The summed E-state index contributed by atoms with van der Waals surface area (Å²) in [6.07, 6.45) is 7.37. The molecule has 0 heterocycles. The maximum atomic E-state index is 14.3. The number of fused-ring (bicyclic) bond motifs is 1. The van der Waals surface area contributed by atoms with Gasteiger partial charge in [0.1, 0.15) is 17.6 Å². The average molecular weight is 492 g/mol. The van der Waals surface area contributed by atoms with Crippen LogP contribution < -0.4 is 9.61 Å². The Balaban J connectivity index is 2.34. The van der Waals surface area contributed by atoms with E-state index in [-0.39, 0.29) is 29.8 Å². The van der Waals surface area contributed by atoms with Gasteiger partial charge in [0.15, 0.2) is 0 Å². The van der Waals surface area contributed by atoms with Gasteiger partial charge in [0.25, 0.3) is 0 Å². The lowest BCUT2D eigenvalue weighted by atomic mass is 9.92. The first-order chi connectivity index (χ1) is 16.1. The maximum absolute atomic E-state index is 14.3. The number of benzene rings is 2. The van der Waals surface area contributed by atoms with Crippen LogP contribution in [0, 0.1) is 24.1 Å². The Morgan fingerprint density at radius 1 is 1.18 bits per heavy atom. The molecule has 0 saturated heterocycles. The van der Waals surface area contributed by atoms with Gasteiger partial charge >= 0.3 is 13.7 Å². The van der Waals surface area contributed by atoms with Crippen LogP contribution in [-0.4, -0.2) is 25.2 Å². The number of nitrogens with one attached hydrogen (secondary N) is 1. The van der Waals surface area contributed by atoms with E-state index in [1.165, 1.54) is 6.07 Å². The van der Waals surface area contributed by atoms with Gasteiger partial charge in [-0.3, -0.25) is 9.32 Å². The number of esters is 1. The fourth-order valence-corrected chi connectivity index (χ4v) is 5.11. The lowest BCUT2D eigenvalue weighted by molar-refractivity contribution is -0.146. The fraction of sp³-hybridized carbons (Fsp3) is 0.500. The summed E-state index contributed by atoms with van der Waals surface area (Å²) >= 11 is 0. The molecule has 0 radical (unpaired) electrons. The van der Waals surface area contributed by atoms with Gasteiger partial charge in [0, 0.05) is 5.39 Å². The van der Waals surface area contributed by atoms with Crippen molar-refractivity contribution in [1.82, 2.24) is 5.09 Å². The molecule has 2 atom stereocenters. The van der Waals surface area contributed by atoms with Crippen molar-refractivity contribution in [1.29, 1.82) is 0 Å². The van der Waals surface area contributed by atoms with Crippen molar-refractivity contribution in [2.45, 2.75) is 66.3 Å². The van der Waals surface area contributed by atoms with Gasteiger partial charge in [-0.2, -0.15) is 5.09 Å². The van der Waals surface area contributed by atoms with E-state index in [4.69, 9.17) is 20.2 Å². The van der Waals surface area contributed by atoms with Crippen LogP contribution in [0.5, 0.6) is 5.75 Å². The Morgan fingerprint density at radius 3 is 2.41 bits per heavy atom. The average Bonchev–Trinajstić information content (AvgIpc) is 2.79. The highest BCUT2D eigenvalue weighted by atomic mass is 31.2. The Morgan fingerprint density at radius 2 is 1.85 bits per heavy atom. The van der Waals surface area contributed by atoms with E-state index in [1.54, 1.807) is 32.0 Å². The second-order valence-corrected chi connectivity index (χ2v) is 10.2. The molecule has 2 aromatic rings. The molecule has 0 spiro atoms. The molecule has 8 heteroatoms. The van der Waals surface area contributed by atoms with E-state index in [0.717, 1.165) is 18.4 Å². The molecule has 0 bridgehead atoms. The van der Waals surface area contributed by atoms with Crippen LogP contribution in [0.4, 0.5) is 4.39 Å². The van der Waals surface area contributed by atoms with Crippen LogP contribution in [0.2, 0.25) is 0 Å². The van der Waals surface area contributed by atoms with Crippen molar-refractivity contribution < 1.29 is 27.5 Å². The predicted octanol–water partition coefficient (Wildman–Crippen LogP) is 6.56.